The number of fused-ring (bicyclic) bond motifs is 1. The maximum Gasteiger partial charge on any atom is 0.274 e. The lowest BCUT2D eigenvalue weighted by Crippen LogP contribution is -2.41. The molecule has 0 aliphatic carbocycles. The number of nitrogens with zero attached hydrogens (tertiary/aromatic N) is 1. The summed E-state index contributed by atoms with van der Waals surface area (Å²) in [7, 11) is -1.95. The molecule has 0 amide bonds. The largest absolute Gasteiger partial charge is 0.443 e. The van der Waals surface area contributed by atoms with E-state index in [2.05, 4.69) is 9.62 Å². The molecule has 0 bridgehead atoms. The van der Waals surface area contributed by atoms with Crippen LogP contribution in [0.25, 0.3) is 11.0 Å². The Balaban J connectivity index is 1.66. The number of nitrogens with one attached hydrogen (secondary N) is 1. The Bertz CT molecular complexity index is 723. The number of methoxy groups -OCH3 is 1. The molecule has 1 saturated heterocycles. The zero-order valence-corrected chi connectivity index (χ0v) is 14.0. The van der Waals surface area contributed by atoms with Crippen LogP contribution in [-0.2, 0) is 14.8 Å². The van der Waals surface area contributed by atoms with E-state index in [9.17, 15) is 8.42 Å². The standard InChI is InChI=1S/C16H22N2O4S/c1-21-10-9-18-8-4-6-14(18)12-17-23(19,20)16-11-13-5-2-3-7-15(13)22-16/h2-3,5,7,11,14,17H,4,6,8-10,12H2,1H3/t14-/m0/s1. The fourth-order valence-electron chi connectivity index (χ4n) is 3.00. The SMILES string of the molecule is COCCN1CCC[C@H]1CNS(=O)(=O)c1cc2ccccc2o1. The summed E-state index contributed by atoms with van der Waals surface area (Å²) in [5, 5.41) is 0.760. The molecule has 1 N–H and O–H groups in total. The molecule has 1 aliphatic heterocycles. The van der Waals surface area contributed by atoms with E-state index in [0.717, 1.165) is 31.3 Å². The lowest BCUT2D eigenvalue weighted by atomic mass is 10.2. The third-order valence-electron chi connectivity index (χ3n) is 4.26. The predicted molar refractivity (Wildman–Crippen MR) is 87.9 cm³/mol. The zero-order chi connectivity index (χ0) is 16.3. The Hall–Kier alpha value is -1.41. The second kappa shape index (κ2) is 7.00. The van der Waals surface area contributed by atoms with Crippen molar-refractivity contribution < 1.29 is 17.6 Å². The van der Waals surface area contributed by atoms with Crippen LogP contribution in [0.4, 0.5) is 0 Å². The number of sulfonamides is 1. The Morgan fingerprint density at radius 3 is 3.00 bits per heavy atom. The van der Waals surface area contributed by atoms with Gasteiger partial charge in [-0.3, -0.25) is 4.90 Å². The molecule has 0 saturated carbocycles. The van der Waals surface area contributed by atoms with Crippen molar-refractivity contribution in [1.29, 1.82) is 0 Å². The van der Waals surface area contributed by atoms with Crippen molar-refractivity contribution in [3.8, 4) is 0 Å². The van der Waals surface area contributed by atoms with Crippen LogP contribution in [0.1, 0.15) is 12.8 Å². The minimum atomic E-state index is -3.63. The number of rotatable bonds is 7. The molecule has 1 aromatic heterocycles. The van der Waals surface area contributed by atoms with Crippen LogP contribution in [0.3, 0.4) is 0 Å². The first kappa shape index (κ1) is 16.4. The van der Waals surface area contributed by atoms with E-state index in [1.165, 1.54) is 0 Å². The van der Waals surface area contributed by atoms with Gasteiger partial charge in [-0.05, 0) is 25.5 Å². The number of likely N-dealkylation sites (tertiary alicyclic amines) is 1. The molecule has 126 valence electrons. The molecule has 3 rings (SSSR count). The topological polar surface area (TPSA) is 71.8 Å². The van der Waals surface area contributed by atoms with E-state index >= 15 is 0 Å². The van der Waals surface area contributed by atoms with Crippen molar-refractivity contribution in [3.05, 3.63) is 30.3 Å². The smallest absolute Gasteiger partial charge is 0.274 e. The highest BCUT2D eigenvalue weighted by Crippen LogP contribution is 2.23. The molecule has 7 heteroatoms. The van der Waals surface area contributed by atoms with E-state index in [1.807, 2.05) is 18.2 Å². The third-order valence-corrected chi connectivity index (χ3v) is 5.54. The maximum atomic E-state index is 12.4. The average molecular weight is 338 g/mol. The Morgan fingerprint density at radius 2 is 2.22 bits per heavy atom. The van der Waals surface area contributed by atoms with E-state index in [1.54, 1.807) is 19.2 Å². The molecule has 1 aliphatic rings. The minimum Gasteiger partial charge on any atom is -0.443 e. The van der Waals surface area contributed by atoms with Crippen molar-refractivity contribution in [2.45, 2.75) is 24.0 Å². The molecular weight excluding hydrogens is 316 g/mol. The summed E-state index contributed by atoms with van der Waals surface area (Å²) in [6, 6.07) is 9.05. The first-order valence-corrected chi connectivity index (χ1v) is 9.30. The molecule has 23 heavy (non-hydrogen) atoms. The van der Waals surface area contributed by atoms with E-state index in [-0.39, 0.29) is 11.1 Å². The Kier molecular flexibility index (Phi) is 5.01. The molecule has 6 nitrogen and oxygen atoms in total. The highest BCUT2D eigenvalue weighted by Gasteiger charge is 2.27. The highest BCUT2D eigenvalue weighted by molar-refractivity contribution is 7.89. The van der Waals surface area contributed by atoms with Crippen molar-refractivity contribution >= 4 is 21.0 Å². The molecule has 1 atom stereocenters. The summed E-state index contributed by atoms with van der Waals surface area (Å²) < 4.78 is 38.1. The number of benzene rings is 1. The molecule has 1 fully saturated rings. The molecule has 0 radical (unpaired) electrons. The van der Waals surface area contributed by atoms with Crippen molar-refractivity contribution in [2.75, 3.05) is 33.4 Å². The summed E-state index contributed by atoms with van der Waals surface area (Å²) in [5.41, 5.74) is 0.579. The maximum absolute atomic E-state index is 12.4. The summed E-state index contributed by atoms with van der Waals surface area (Å²) in [4.78, 5) is 2.27. The van der Waals surface area contributed by atoms with Crippen LogP contribution < -0.4 is 4.72 Å². The zero-order valence-electron chi connectivity index (χ0n) is 13.2. The molecule has 2 heterocycles. The van der Waals surface area contributed by atoms with Gasteiger partial charge in [0.05, 0.1) is 6.61 Å². The molecule has 0 unspecified atom stereocenters. The fraction of sp³-hybridized carbons (Fsp3) is 0.500. The predicted octanol–water partition coefficient (Wildman–Crippen LogP) is 1.82. The van der Waals surface area contributed by atoms with Gasteiger partial charge in [0.1, 0.15) is 5.58 Å². The number of hydrogen-bond acceptors (Lipinski definition) is 5. The van der Waals surface area contributed by atoms with Gasteiger partial charge in [0.2, 0.25) is 5.09 Å². The second-order valence-corrected chi connectivity index (χ2v) is 7.48. The quantitative estimate of drug-likeness (QED) is 0.834. The lowest BCUT2D eigenvalue weighted by Gasteiger charge is -2.23. The van der Waals surface area contributed by atoms with Crippen molar-refractivity contribution in [3.63, 3.8) is 0 Å². The van der Waals surface area contributed by atoms with Crippen LogP contribution in [0, 0.1) is 0 Å². The normalized spacial score (nSPS) is 19.6. The number of para-hydroxylation sites is 1. The Labute approximate surface area is 136 Å². The van der Waals surface area contributed by atoms with Gasteiger partial charge in [-0.1, -0.05) is 18.2 Å². The van der Waals surface area contributed by atoms with Crippen molar-refractivity contribution in [2.24, 2.45) is 0 Å². The Morgan fingerprint density at radius 1 is 1.39 bits per heavy atom. The fourth-order valence-corrected chi connectivity index (χ4v) is 4.03. The van der Waals surface area contributed by atoms with Crippen LogP contribution >= 0.6 is 0 Å². The van der Waals surface area contributed by atoms with Crippen LogP contribution in [0.5, 0.6) is 0 Å². The molecular formula is C16H22N2O4S. The van der Waals surface area contributed by atoms with Gasteiger partial charge in [0, 0.05) is 37.7 Å². The van der Waals surface area contributed by atoms with E-state index in [0.29, 0.717) is 18.7 Å². The highest BCUT2D eigenvalue weighted by atomic mass is 32.2. The minimum absolute atomic E-state index is 0.0276. The van der Waals surface area contributed by atoms with Gasteiger partial charge in [-0.2, -0.15) is 0 Å². The monoisotopic (exact) mass is 338 g/mol. The number of hydrogen-bond donors (Lipinski definition) is 1. The van der Waals surface area contributed by atoms with Gasteiger partial charge < -0.3 is 9.15 Å². The van der Waals surface area contributed by atoms with Crippen molar-refractivity contribution in [1.82, 2.24) is 9.62 Å². The average Bonchev–Trinajstić information content (AvgIpc) is 3.17. The second-order valence-electron chi connectivity index (χ2n) is 5.78. The molecule has 0 spiro atoms. The number of ether oxygens (including phenoxy) is 1. The van der Waals surface area contributed by atoms with Gasteiger partial charge in [0.15, 0.2) is 0 Å². The van der Waals surface area contributed by atoms with Crippen LogP contribution in [0.15, 0.2) is 39.8 Å². The van der Waals surface area contributed by atoms with Gasteiger partial charge in [0.25, 0.3) is 10.0 Å². The third kappa shape index (κ3) is 3.74. The molecule has 2 aromatic rings. The first-order chi connectivity index (χ1) is 11.1. The first-order valence-electron chi connectivity index (χ1n) is 7.81. The number of furan rings is 1. The summed E-state index contributed by atoms with van der Waals surface area (Å²) in [6.45, 7) is 2.86. The lowest BCUT2D eigenvalue weighted by molar-refractivity contribution is 0.141. The van der Waals surface area contributed by atoms with E-state index < -0.39 is 10.0 Å². The summed E-state index contributed by atoms with van der Waals surface area (Å²) in [6.07, 6.45) is 2.08. The van der Waals surface area contributed by atoms with Crippen LogP contribution in [0.2, 0.25) is 0 Å². The van der Waals surface area contributed by atoms with Gasteiger partial charge in [-0.25, -0.2) is 13.1 Å². The summed E-state index contributed by atoms with van der Waals surface area (Å²) >= 11 is 0. The van der Waals surface area contributed by atoms with Gasteiger partial charge >= 0.3 is 0 Å². The van der Waals surface area contributed by atoms with E-state index in [4.69, 9.17) is 9.15 Å². The summed E-state index contributed by atoms with van der Waals surface area (Å²) in [5.74, 6) is 0. The molecule has 1 aromatic carbocycles. The van der Waals surface area contributed by atoms with Crippen LogP contribution in [-0.4, -0.2) is 52.7 Å². The van der Waals surface area contributed by atoms with Gasteiger partial charge in [-0.15, -0.1) is 0 Å².